The summed E-state index contributed by atoms with van der Waals surface area (Å²) in [6.45, 7) is 3.93. The standard InChI is InChI=1S/C13H14FNO2/c1-13(2,9-15)5-6-17-12-4-3-11(14)7-10(12)8-16/h3-4,7-8H,5-6H2,1-2H3. The first-order valence-corrected chi connectivity index (χ1v) is 5.27. The normalized spacial score (nSPS) is 10.7. The van der Waals surface area contributed by atoms with Crippen molar-refractivity contribution >= 4 is 6.29 Å². The van der Waals surface area contributed by atoms with Gasteiger partial charge in [-0.3, -0.25) is 4.79 Å². The quantitative estimate of drug-likeness (QED) is 0.737. The molecule has 0 saturated carbocycles. The van der Waals surface area contributed by atoms with Gasteiger partial charge < -0.3 is 4.74 Å². The van der Waals surface area contributed by atoms with Gasteiger partial charge in [-0.25, -0.2) is 4.39 Å². The van der Waals surface area contributed by atoms with Gasteiger partial charge in [0, 0.05) is 0 Å². The van der Waals surface area contributed by atoms with Crippen molar-refractivity contribution in [2.75, 3.05) is 6.61 Å². The summed E-state index contributed by atoms with van der Waals surface area (Å²) in [4.78, 5) is 10.7. The van der Waals surface area contributed by atoms with Gasteiger partial charge >= 0.3 is 0 Å². The van der Waals surface area contributed by atoms with Gasteiger partial charge in [-0.2, -0.15) is 5.26 Å². The Hall–Kier alpha value is -1.89. The number of hydrogen-bond acceptors (Lipinski definition) is 3. The van der Waals surface area contributed by atoms with Crippen LogP contribution in [0.3, 0.4) is 0 Å². The molecule has 0 spiro atoms. The van der Waals surface area contributed by atoms with E-state index in [1.54, 1.807) is 0 Å². The van der Waals surface area contributed by atoms with Crippen LogP contribution in [0.2, 0.25) is 0 Å². The highest BCUT2D eigenvalue weighted by atomic mass is 19.1. The molecule has 0 N–H and O–H groups in total. The fourth-order valence-corrected chi connectivity index (χ4v) is 1.21. The Kier molecular flexibility index (Phi) is 4.22. The first-order chi connectivity index (χ1) is 7.98. The minimum absolute atomic E-state index is 0.180. The van der Waals surface area contributed by atoms with Crippen LogP contribution in [0.5, 0.6) is 5.75 Å². The molecule has 3 nitrogen and oxygen atoms in total. The van der Waals surface area contributed by atoms with E-state index in [4.69, 9.17) is 10.00 Å². The number of rotatable bonds is 5. The second-order valence-corrected chi connectivity index (χ2v) is 4.39. The molecule has 0 fully saturated rings. The van der Waals surface area contributed by atoms with E-state index in [9.17, 15) is 9.18 Å². The fraction of sp³-hybridized carbons (Fsp3) is 0.385. The Bertz CT molecular complexity index is 449. The summed E-state index contributed by atoms with van der Waals surface area (Å²) >= 11 is 0. The average Bonchev–Trinajstić information content (AvgIpc) is 2.30. The van der Waals surface area contributed by atoms with E-state index in [2.05, 4.69) is 6.07 Å². The molecule has 4 heteroatoms. The molecule has 0 heterocycles. The van der Waals surface area contributed by atoms with E-state index in [0.717, 1.165) is 6.07 Å². The average molecular weight is 235 g/mol. The summed E-state index contributed by atoms with van der Waals surface area (Å²) in [5.41, 5.74) is -0.291. The molecule has 0 bridgehead atoms. The van der Waals surface area contributed by atoms with E-state index < -0.39 is 11.2 Å². The third-order valence-corrected chi connectivity index (χ3v) is 2.39. The van der Waals surface area contributed by atoms with Crippen LogP contribution in [0.1, 0.15) is 30.6 Å². The Morgan fingerprint density at radius 2 is 2.24 bits per heavy atom. The maximum atomic E-state index is 12.8. The van der Waals surface area contributed by atoms with Gasteiger partial charge in [0.15, 0.2) is 6.29 Å². The van der Waals surface area contributed by atoms with E-state index >= 15 is 0 Å². The molecule has 90 valence electrons. The molecule has 1 rings (SSSR count). The lowest BCUT2D eigenvalue weighted by atomic mass is 9.92. The summed E-state index contributed by atoms with van der Waals surface area (Å²) in [7, 11) is 0. The van der Waals surface area contributed by atoms with Crippen molar-refractivity contribution in [1.29, 1.82) is 5.26 Å². The van der Waals surface area contributed by atoms with Crippen LogP contribution in [0, 0.1) is 22.6 Å². The third kappa shape index (κ3) is 3.87. The molecular formula is C13H14FNO2. The Morgan fingerprint density at radius 3 is 2.82 bits per heavy atom. The number of benzene rings is 1. The molecule has 0 saturated heterocycles. The molecule has 0 aromatic heterocycles. The second-order valence-electron chi connectivity index (χ2n) is 4.39. The molecule has 0 aliphatic carbocycles. The summed E-state index contributed by atoms with van der Waals surface area (Å²) in [5.74, 6) is -0.132. The molecule has 0 radical (unpaired) electrons. The van der Waals surface area contributed by atoms with E-state index in [1.165, 1.54) is 12.1 Å². The van der Waals surface area contributed by atoms with Crippen molar-refractivity contribution in [3.05, 3.63) is 29.6 Å². The number of aldehydes is 1. The predicted octanol–water partition coefficient (Wildman–Crippen LogP) is 2.96. The zero-order chi connectivity index (χ0) is 12.9. The SMILES string of the molecule is CC(C)(C#N)CCOc1ccc(F)cc1C=O. The summed E-state index contributed by atoms with van der Waals surface area (Å²) in [6, 6.07) is 5.93. The van der Waals surface area contributed by atoms with Crippen molar-refractivity contribution < 1.29 is 13.9 Å². The highest BCUT2D eigenvalue weighted by Gasteiger charge is 2.16. The molecule has 0 amide bonds. The number of hydrogen-bond donors (Lipinski definition) is 0. The van der Waals surface area contributed by atoms with Crippen molar-refractivity contribution in [1.82, 2.24) is 0 Å². The highest BCUT2D eigenvalue weighted by molar-refractivity contribution is 5.79. The van der Waals surface area contributed by atoms with Crippen molar-refractivity contribution in [3.8, 4) is 11.8 Å². The van der Waals surface area contributed by atoms with Crippen LogP contribution in [0.15, 0.2) is 18.2 Å². The Morgan fingerprint density at radius 1 is 1.53 bits per heavy atom. The third-order valence-electron chi connectivity index (χ3n) is 2.39. The molecule has 0 aliphatic rings. The molecule has 0 unspecified atom stereocenters. The van der Waals surface area contributed by atoms with Crippen LogP contribution in [0.25, 0.3) is 0 Å². The monoisotopic (exact) mass is 235 g/mol. The minimum atomic E-state index is -0.475. The lowest BCUT2D eigenvalue weighted by molar-refractivity contribution is 0.111. The number of nitriles is 1. The molecule has 17 heavy (non-hydrogen) atoms. The van der Waals surface area contributed by atoms with Crippen LogP contribution < -0.4 is 4.74 Å². The second kappa shape index (κ2) is 5.44. The van der Waals surface area contributed by atoms with Crippen LogP contribution >= 0.6 is 0 Å². The maximum absolute atomic E-state index is 12.8. The largest absolute Gasteiger partial charge is 0.493 e. The van der Waals surface area contributed by atoms with Crippen LogP contribution in [0.4, 0.5) is 4.39 Å². The smallest absolute Gasteiger partial charge is 0.153 e. The minimum Gasteiger partial charge on any atom is -0.493 e. The Balaban J connectivity index is 2.64. The molecule has 1 aromatic rings. The van der Waals surface area contributed by atoms with Gasteiger partial charge in [0.2, 0.25) is 0 Å². The number of nitrogens with zero attached hydrogens (tertiary/aromatic N) is 1. The van der Waals surface area contributed by atoms with Gasteiger partial charge in [-0.15, -0.1) is 0 Å². The van der Waals surface area contributed by atoms with Crippen LogP contribution in [-0.2, 0) is 0 Å². The van der Waals surface area contributed by atoms with Crippen LogP contribution in [-0.4, -0.2) is 12.9 Å². The van der Waals surface area contributed by atoms with Gasteiger partial charge in [0.25, 0.3) is 0 Å². The number of carbonyl (C=O) groups is 1. The van der Waals surface area contributed by atoms with Gasteiger partial charge in [0.1, 0.15) is 11.6 Å². The van der Waals surface area contributed by atoms with E-state index in [1.807, 2.05) is 13.8 Å². The van der Waals surface area contributed by atoms with Gasteiger partial charge in [-0.05, 0) is 38.5 Å². The topological polar surface area (TPSA) is 50.1 Å². The van der Waals surface area contributed by atoms with E-state index in [0.29, 0.717) is 25.1 Å². The number of halogens is 1. The molecule has 0 atom stereocenters. The molecule has 0 aliphatic heterocycles. The summed E-state index contributed by atoms with van der Waals surface area (Å²) < 4.78 is 18.2. The maximum Gasteiger partial charge on any atom is 0.153 e. The van der Waals surface area contributed by atoms with Gasteiger partial charge in [-0.1, -0.05) is 0 Å². The van der Waals surface area contributed by atoms with Gasteiger partial charge in [0.05, 0.1) is 23.7 Å². The number of carbonyl (C=O) groups excluding carboxylic acids is 1. The first kappa shape index (κ1) is 13.2. The molecule has 1 aromatic carbocycles. The lowest BCUT2D eigenvalue weighted by Crippen LogP contribution is -2.13. The first-order valence-electron chi connectivity index (χ1n) is 5.27. The fourth-order valence-electron chi connectivity index (χ4n) is 1.21. The van der Waals surface area contributed by atoms with Crippen molar-refractivity contribution in [2.45, 2.75) is 20.3 Å². The summed E-state index contributed by atoms with van der Waals surface area (Å²) in [5, 5.41) is 8.82. The molecular weight excluding hydrogens is 221 g/mol. The number of ether oxygens (including phenoxy) is 1. The highest BCUT2D eigenvalue weighted by Crippen LogP contribution is 2.22. The Labute approximate surface area is 99.8 Å². The lowest BCUT2D eigenvalue weighted by Gasteiger charge is -2.15. The zero-order valence-electron chi connectivity index (χ0n) is 9.87. The zero-order valence-corrected chi connectivity index (χ0v) is 9.87. The summed E-state index contributed by atoms with van der Waals surface area (Å²) in [6.07, 6.45) is 1.09. The van der Waals surface area contributed by atoms with Crippen molar-refractivity contribution in [2.24, 2.45) is 5.41 Å². The predicted molar refractivity (Wildman–Crippen MR) is 61.3 cm³/mol. The van der Waals surface area contributed by atoms with Crippen molar-refractivity contribution in [3.63, 3.8) is 0 Å². The van der Waals surface area contributed by atoms with E-state index in [-0.39, 0.29) is 5.56 Å².